The van der Waals surface area contributed by atoms with E-state index in [1.807, 2.05) is 84.9 Å². The zero-order valence-corrected chi connectivity index (χ0v) is 17.2. The van der Waals surface area contributed by atoms with Crippen molar-refractivity contribution in [1.82, 2.24) is 10.9 Å². The summed E-state index contributed by atoms with van der Waals surface area (Å²) in [5, 5.41) is 0. The van der Waals surface area contributed by atoms with Crippen molar-refractivity contribution in [2.24, 2.45) is 0 Å². The van der Waals surface area contributed by atoms with E-state index in [1.165, 1.54) is 5.56 Å². The van der Waals surface area contributed by atoms with Gasteiger partial charge in [-0.1, -0.05) is 86.6 Å². The lowest BCUT2D eigenvalue weighted by atomic mass is 9.91. The second kappa shape index (κ2) is 10.3. The highest BCUT2D eigenvalue weighted by Gasteiger charge is 2.22. The van der Waals surface area contributed by atoms with Crippen molar-refractivity contribution in [1.29, 1.82) is 0 Å². The van der Waals surface area contributed by atoms with Gasteiger partial charge >= 0.3 is 0 Å². The molecule has 0 aromatic heterocycles. The maximum atomic E-state index is 12.9. The standard InChI is InChI=1S/C25H26N2O3/c1-18(2)19-13-15-22(16-14-19)30-17-23(28)26-27-25(29)24(20-9-5-3-6-10-20)21-11-7-4-8-12-21/h3-16,18,24H,17H2,1-2H3,(H,26,28)(H,27,29). The Balaban J connectivity index is 1.57. The van der Waals surface area contributed by atoms with E-state index < -0.39 is 11.8 Å². The second-order valence-corrected chi connectivity index (χ2v) is 7.30. The molecule has 2 N–H and O–H groups in total. The fourth-order valence-corrected chi connectivity index (χ4v) is 3.12. The lowest BCUT2D eigenvalue weighted by Gasteiger charge is -2.18. The summed E-state index contributed by atoms with van der Waals surface area (Å²) in [5.74, 6) is -0.248. The number of amides is 2. The van der Waals surface area contributed by atoms with Crippen LogP contribution < -0.4 is 15.6 Å². The van der Waals surface area contributed by atoms with Crippen LogP contribution in [-0.4, -0.2) is 18.4 Å². The van der Waals surface area contributed by atoms with Crippen LogP contribution in [0.2, 0.25) is 0 Å². The predicted molar refractivity (Wildman–Crippen MR) is 117 cm³/mol. The number of hydrogen-bond acceptors (Lipinski definition) is 3. The zero-order valence-electron chi connectivity index (χ0n) is 17.2. The first-order chi connectivity index (χ1) is 14.5. The Morgan fingerprint density at radius 3 is 1.77 bits per heavy atom. The number of benzene rings is 3. The molecule has 0 spiro atoms. The topological polar surface area (TPSA) is 67.4 Å². The van der Waals surface area contributed by atoms with E-state index in [9.17, 15) is 9.59 Å². The monoisotopic (exact) mass is 402 g/mol. The van der Waals surface area contributed by atoms with Gasteiger partial charge in [0.1, 0.15) is 5.75 Å². The Morgan fingerprint density at radius 1 is 0.733 bits per heavy atom. The molecular weight excluding hydrogens is 376 g/mol. The summed E-state index contributed by atoms with van der Waals surface area (Å²) in [4.78, 5) is 25.0. The summed E-state index contributed by atoms with van der Waals surface area (Å²) in [6.07, 6.45) is 0. The molecule has 0 unspecified atom stereocenters. The number of carbonyl (C=O) groups excluding carboxylic acids is 2. The number of rotatable bonds is 7. The second-order valence-electron chi connectivity index (χ2n) is 7.30. The molecular formula is C25H26N2O3. The van der Waals surface area contributed by atoms with E-state index in [0.717, 1.165) is 11.1 Å². The fraction of sp³-hybridized carbons (Fsp3) is 0.200. The maximum Gasteiger partial charge on any atom is 0.276 e. The number of hydrazine groups is 1. The SMILES string of the molecule is CC(C)c1ccc(OCC(=O)NNC(=O)C(c2ccccc2)c2ccccc2)cc1. The third-order valence-electron chi connectivity index (χ3n) is 4.77. The predicted octanol–water partition coefficient (Wildman–Crippen LogP) is 4.17. The molecule has 5 nitrogen and oxygen atoms in total. The van der Waals surface area contributed by atoms with Crippen LogP contribution in [-0.2, 0) is 9.59 Å². The van der Waals surface area contributed by atoms with Crippen LogP contribution in [0.1, 0.15) is 42.4 Å². The summed E-state index contributed by atoms with van der Waals surface area (Å²) in [7, 11) is 0. The molecule has 5 heteroatoms. The van der Waals surface area contributed by atoms with Gasteiger partial charge < -0.3 is 4.74 Å². The highest BCUT2D eigenvalue weighted by atomic mass is 16.5. The van der Waals surface area contributed by atoms with Crippen LogP contribution in [0.5, 0.6) is 5.75 Å². The molecule has 0 radical (unpaired) electrons. The third kappa shape index (κ3) is 5.70. The smallest absolute Gasteiger partial charge is 0.276 e. The molecule has 0 saturated heterocycles. The maximum absolute atomic E-state index is 12.9. The molecule has 154 valence electrons. The molecule has 0 aliphatic rings. The van der Waals surface area contributed by atoms with Crippen molar-refractivity contribution in [3.63, 3.8) is 0 Å². The van der Waals surface area contributed by atoms with E-state index in [4.69, 9.17) is 4.74 Å². The molecule has 0 aliphatic heterocycles. The van der Waals surface area contributed by atoms with Gasteiger partial charge in [-0.05, 0) is 34.7 Å². The summed E-state index contributed by atoms with van der Waals surface area (Å²) in [5.41, 5.74) is 7.85. The van der Waals surface area contributed by atoms with E-state index in [2.05, 4.69) is 24.7 Å². The quantitative estimate of drug-likeness (QED) is 0.583. The van der Waals surface area contributed by atoms with Crippen molar-refractivity contribution in [2.75, 3.05) is 6.61 Å². The first-order valence-corrected chi connectivity index (χ1v) is 9.96. The summed E-state index contributed by atoms with van der Waals surface area (Å²) in [6.45, 7) is 4.04. The number of carbonyl (C=O) groups is 2. The third-order valence-corrected chi connectivity index (χ3v) is 4.77. The molecule has 3 aromatic rings. The van der Waals surface area contributed by atoms with Gasteiger partial charge in [0, 0.05) is 0 Å². The average Bonchev–Trinajstić information content (AvgIpc) is 2.78. The van der Waals surface area contributed by atoms with E-state index in [0.29, 0.717) is 11.7 Å². The first-order valence-electron chi connectivity index (χ1n) is 9.96. The van der Waals surface area contributed by atoms with Gasteiger partial charge in [0.15, 0.2) is 6.61 Å². The van der Waals surface area contributed by atoms with Crippen LogP contribution in [0.15, 0.2) is 84.9 Å². The molecule has 0 atom stereocenters. The van der Waals surface area contributed by atoms with Crippen LogP contribution in [0, 0.1) is 0 Å². The number of ether oxygens (including phenoxy) is 1. The number of nitrogens with one attached hydrogen (secondary N) is 2. The van der Waals surface area contributed by atoms with Gasteiger partial charge in [-0.15, -0.1) is 0 Å². The Morgan fingerprint density at radius 2 is 1.27 bits per heavy atom. The minimum atomic E-state index is -0.530. The van der Waals surface area contributed by atoms with Gasteiger partial charge in [0.05, 0.1) is 5.92 Å². The zero-order chi connectivity index (χ0) is 21.3. The molecule has 0 fully saturated rings. The summed E-state index contributed by atoms with van der Waals surface area (Å²) >= 11 is 0. The molecule has 3 rings (SSSR count). The van der Waals surface area contributed by atoms with Gasteiger partial charge in [0.2, 0.25) is 5.91 Å². The minimum Gasteiger partial charge on any atom is -0.484 e. The highest BCUT2D eigenvalue weighted by Crippen LogP contribution is 2.24. The Hall–Kier alpha value is -3.60. The lowest BCUT2D eigenvalue weighted by molar-refractivity contribution is -0.130. The van der Waals surface area contributed by atoms with Gasteiger partial charge in [-0.25, -0.2) is 0 Å². The Bertz CT molecular complexity index is 915. The molecule has 2 amide bonds. The van der Waals surface area contributed by atoms with Crippen molar-refractivity contribution < 1.29 is 14.3 Å². The average molecular weight is 402 g/mol. The van der Waals surface area contributed by atoms with E-state index in [-0.39, 0.29) is 12.5 Å². The lowest BCUT2D eigenvalue weighted by Crippen LogP contribution is -2.46. The fourth-order valence-electron chi connectivity index (χ4n) is 3.12. The highest BCUT2D eigenvalue weighted by molar-refractivity contribution is 5.89. The molecule has 30 heavy (non-hydrogen) atoms. The molecule has 0 bridgehead atoms. The van der Waals surface area contributed by atoms with Crippen LogP contribution in [0.3, 0.4) is 0 Å². The minimum absolute atomic E-state index is 0.192. The van der Waals surface area contributed by atoms with Crippen LogP contribution in [0.4, 0.5) is 0 Å². The molecule has 0 heterocycles. The molecule has 0 saturated carbocycles. The normalized spacial score (nSPS) is 10.7. The summed E-state index contributed by atoms with van der Waals surface area (Å²) in [6, 6.07) is 26.5. The van der Waals surface area contributed by atoms with E-state index >= 15 is 0 Å². The molecule has 0 aliphatic carbocycles. The van der Waals surface area contributed by atoms with Crippen molar-refractivity contribution in [2.45, 2.75) is 25.7 Å². The van der Waals surface area contributed by atoms with Crippen molar-refractivity contribution in [3.8, 4) is 5.75 Å². The largest absolute Gasteiger partial charge is 0.484 e. The van der Waals surface area contributed by atoms with Crippen molar-refractivity contribution in [3.05, 3.63) is 102 Å². The molecule has 3 aromatic carbocycles. The van der Waals surface area contributed by atoms with Gasteiger partial charge in [-0.2, -0.15) is 0 Å². The Labute approximate surface area is 177 Å². The van der Waals surface area contributed by atoms with Crippen molar-refractivity contribution >= 4 is 11.8 Å². The number of hydrogen-bond donors (Lipinski definition) is 2. The van der Waals surface area contributed by atoms with Crippen LogP contribution in [0.25, 0.3) is 0 Å². The summed E-state index contributed by atoms with van der Waals surface area (Å²) < 4.78 is 5.50. The van der Waals surface area contributed by atoms with Gasteiger partial charge in [-0.3, -0.25) is 20.4 Å². The van der Waals surface area contributed by atoms with Gasteiger partial charge in [0.25, 0.3) is 5.91 Å². The van der Waals surface area contributed by atoms with Crippen LogP contribution >= 0.6 is 0 Å². The first kappa shape index (κ1) is 21.1. The Kier molecular flexibility index (Phi) is 7.22. The van der Waals surface area contributed by atoms with E-state index in [1.54, 1.807) is 0 Å².